The van der Waals surface area contributed by atoms with E-state index < -0.39 is 0 Å². The summed E-state index contributed by atoms with van der Waals surface area (Å²) in [5.74, 6) is 0.981. The third-order valence-electron chi connectivity index (χ3n) is 2.79. The van der Waals surface area contributed by atoms with E-state index in [1.54, 1.807) is 0 Å². The van der Waals surface area contributed by atoms with Gasteiger partial charge in [0.05, 0.1) is 5.52 Å². The van der Waals surface area contributed by atoms with Gasteiger partial charge in [0.25, 0.3) is 0 Å². The number of hydrogen-bond acceptors (Lipinski definition) is 2. The largest absolute Gasteiger partial charge is 0.241 e. The monoisotopic (exact) mass is 214 g/mol. The highest BCUT2D eigenvalue weighted by atomic mass is 14.9. The minimum atomic E-state index is 0.981. The Hall–Kier alpha value is -1.44. The zero-order valence-electron chi connectivity index (χ0n) is 9.82. The molecule has 0 bridgehead atoms. The van der Waals surface area contributed by atoms with Gasteiger partial charge in [-0.25, -0.2) is 9.97 Å². The molecule has 1 aromatic carbocycles. The van der Waals surface area contributed by atoms with E-state index in [2.05, 4.69) is 23.0 Å². The van der Waals surface area contributed by atoms with Crippen LogP contribution in [0.2, 0.25) is 0 Å². The maximum atomic E-state index is 4.56. The number of benzene rings is 1. The average molecular weight is 214 g/mol. The van der Waals surface area contributed by atoms with Crippen molar-refractivity contribution in [3.63, 3.8) is 0 Å². The number of aromatic nitrogens is 2. The molecule has 0 saturated heterocycles. The molecule has 0 fully saturated rings. The molecule has 0 saturated carbocycles. The number of aryl methyl sites for hydroxylation is 1. The fourth-order valence-corrected chi connectivity index (χ4v) is 1.84. The highest BCUT2D eigenvalue weighted by molar-refractivity contribution is 5.77. The van der Waals surface area contributed by atoms with E-state index in [9.17, 15) is 0 Å². The third-order valence-corrected chi connectivity index (χ3v) is 2.79. The normalized spacial score (nSPS) is 10.8. The van der Waals surface area contributed by atoms with E-state index in [1.807, 2.05) is 24.4 Å². The molecule has 16 heavy (non-hydrogen) atoms. The van der Waals surface area contributed by atoms with Crippen LogP contribution in [0.4, 0.5) is 0 Å². The molecule has 2 rings (SSSR count). The van der Waals surface area contributed by atoms with Crippen molar-refractivity contribution >= 4 is 10.9 Å². The smallest absolute Gasteiger partial charge is 0.128 e. The molecule has 1 heterocycles. The second kappa shape index (κ2) is 5.59. The molecule has 0 radical (unpaired) electrons. The van der Waals surface area contributed by atoms with E-state index in [0.717, 1.165) is 23.1 Å². The van der Waals surface area contributed by atoms with Crippen molar-refractivity contribution < 1.29 is 0 Å². The Balaban J connectivity index is 2.02. The molecular weight excluding hydrogens is 196 g/mol. The lowest BCUT2D eigenvalue weighted by molar-refractivity contribution is 0.653. The highest BCUT2D eigenvalue weighted by Crippen LogP contribution is 2.11. The van der Waals surface area contributed by atoms with Gasteiger partial charge in [-0.15, -0.1) is 0 Å². The van der Waals surface area contributed by atoms with Gasteiger partial charge < -0.3 is 0 Å². The molecular formula is C14H18N2. The fourth-order valence-electron chi connectivity index (χ4n) is 1.84. The Kier molecular flexibility index (Phi) is 3.86. The molecule has 2 nitrogen and oxygen atoms in total. The van der Waals surface area contributed by atoms with Crippen molar-refractivity contribution in [1.82, 2.24) is 9.97 Å². The lowest BCUT2D eigenvalue weighted by Gasteiger charge is -2.01. The molecule has 2 aromatic rings. The van der Waals surface area contributed by atoms with Gasteiger partial charge in [-0.1, -0.05) is 44.4 Å². The fraction of sp³-hybridized carbons (Fsp3) is 0.429. The average Bonchev–Trinajstić information content (AvgIpc) is 2.34. The lowest BCUT2D eigenvalue weighted by atomic mass is 10.1. The van der Waals surface area contributed by atoms with E-state index >= 15 is 0 Å². The van der Waals surface area contributed by atoms with Crippen molar-refractivity contribution in [3.8, 4) is 0 Å². The summed E-state index contributed by atoms with van der Waals surface area (Å²) in [7, 11) is 0. The molecule has 0 atom stereocenters. The zero-order chi connectivity index (χ0) is 11.2. The quantitative estimate of drug-likeness (QED) is 0.708. The predicted molar refractivity (Wildman–Crippen MR) is 67.4 cm³/mol. The van der Waals surface area contributed by atoms with Crippen molar-refractivity contribution in [2.24, 2.45) is 0 Å². The zero-order valence-corrected chi connectivity index (χ0v) is 9.82. The number of nitrogens with zero attached hydrogens (tertiary/aromatic N) is 2. The summed E-state index contributed by atoms with van der Waals surface area (Å²) in [6.45, 7) is 2.23. The number of unbranched alkanes of at least 4 members (excludes halogenated alkanes) is 3. The minimum Gasteiger partial charge on any atom is -0.241 e. The van der Waals surface area contributed by atoms with Crippen LogP contribution < -0.4 is 0 Å². The molecule has 84 valence electrons. The Morgan fingerprint density at radius 3 is 2.81 bits per heavy atom. The van der Waals surface area contributed by atoms with Crippen LogP contribution in [0.25, 0.3) is 10.9 Å². The topological polar surface area (TPSA) is 25.8 Å². The Morgan fingerprint density at radius 1 is 1.06 bits per heavy atom. The maximum Gasteiger partial charge on any atom is 0.128 e. The van der Waals surface area contributed by atoms with Gasteiger partial charge >= 0.3 is 0 Å². The Labute approximate surface area is 96.7 Å². The summed E-state index contributed by atoms with van der Waals surface area (Å²) in [6.07, 6.45) is 8.01. The van der Waals surface area contributed by atoms with E-state index in [0.29, 0.717) is 0 Å². The van der Waals surface area contributed by atoms with Crippen LogP contribution in [0.1, 0.15) is 38.4 Å². The summed E-state index contributed by atoms with van der Waals surface area (Å²) in [5.41, 5.74) is 1.06. The summed E-state index contributed by atoms with van der Waals surface area (Å²) in [4.78, 5) is 8.96. The molecule has 0 spiro atoms. The minimum absolute atomic E-state index is 0.981. The molecule has 0 aliphatic heterocycles. The summed E-state index contributed by atoms with van der Waals surface area (Å²) in [5, 5.41) is 1.12. The molecule has 0 unspecified atom stereocenters. The van der Waals surface area contributed by atoms with Crippen LogP contribution in [0.3, 0.4) is 0 Å². The van der Waals surface area contributed by atoms with Crippen molar-refractivity contribution in [2.75, 3.05) is 0 Å². The van der Waals surface area contributed by atoms with Gasteiger partial charge in [-0.2, -0.15) is 0 Å². The van der Waals surface area contributed by atoms with E-state index in [1.165, 1.54) is 25.7 Å². The number of para-hydroxylation sites is 1. The third kappa shape index (κ3) is 2.78. The van der Waals surface area contributed by atoms with E-state index in [4.69, 9.17) is 0 Å². The van der Waals surface area contributed by atoms with E-state index in [-0.39, 0.29) is 0 Å². The van der Waals surface area contributed by atoms with Gasteiger partial charge in [0.15, 0.2) is 0 Å². The summed E-state index contributed by atoms with van der Waals surface area (Å²) in [6, 6.07) is 8.14. The summed E-state index contributed by atoms with van der Waals surface area (Å²) >= 11 is 0. The SMILES string of the molecule is CCCCCCc1ncc2ccccc2n1. The molecule has 0 amide bonds. The first-order chi connectivity index (χ1) is 7.90. The first kappa shape index (κ1) is 11.1. The van der Waals surface area contributed by atoms with Gasteiger partial charge in [-0.05, 0) is 12.5 Å². The van der Waals surface area contributed by atoms with Crippen molar-refractivity contribution in [2.45, 2.75) is 39.0 Å². The molecule has 0 aliphatic rings. The molecule has 0 aliphatic carbocycles. The highest BCUT2D eigenvalue weighted by Gasteiger charge is 1.99. The number of fused-ring (bicyclic) bond motifs is 1. The van der Waals surface area contributed by atoms with Crippen LogP contribution in [-0.2, 0) is 6.42 Å². The number of rotatable bonds is 5. The molecule has 0 N–H and O–H groups in total. The van der Waals surface area contributed by atoms with Crippen molar-refractivity contribution in [3.05, 3.63) is 36.3 Å². The second-order valence-electron chi connectivity index (χ2n) is 4.16. The second-order valence-corrected chi connectivity index (χ2v) is 4.16. The van der Waals surface area contributed by atoms with Crippen molar-refractivity contribution in [1.29, 1.82) is 0 Å². The number of hydrogen-bond donors (Lipinski definition) is 0. The first-order valence-corrected chi connectivity index (χ1v) is 6.11. The van der Waals surface area contributed by atoms with Gasteiger partial charge in [0, 0.05) is 18.0 Å². The van der Waals surface area contributed by atoms with Crippen LogP contribution >= 0.6 is 0 Å². The molecule has 2 heteroatoms. The van der Waals surface area contributed by atoms with Crippen LogP contribution in [-0.4, -0.2) is 9.97 Å². The molecule has 1 aromatic heterocycles. The van der Waals surface area contributed by atoms with Gasteiger partial charge in [-0.3, -0.25) is 0 Å². The lowest BCUT2D eigenvalue weighted by Crippen LogP contribution is -1.95. The van der Waals surface area contributed by atoms with Gasteiger partial charge in [0.2, 0.25) is 0 Å². The first-order valence-electron chi connectivity index (χ1n) is 6.11. The Morgan fingerprint density at radius 2 is 1.94 bits per heavy atom. The van der Waals surface area contributed by atoms with Crippen LogP contribution in [0.5, 0.6) is 0 Å². The van der Waals surface area contributed by atoms with Crippen LogP contribution in [0.15, 0.2) is 30.5 Å². The Bertz CT molecular complexity index is 451. The standard InChI is InChI=1S/C14H18N2/c1-2-3-4-5-10-14-15-11-12-8-6-7-9-13(12)16-14/h6-9,11H,2-5,10H2,1H3. The van der Waals surface area contributed by atoms with Crippen LogP contribution in [0, 0.1) is 0 Å². The van der Waals surface area contributed by atoms with Gasteiger partial charge in [0.1, 0.15) is 5.82 Å². The summed E-state index contributed by atoms with van der Waals surface area (Å²) < 4.78 is 0. The maximum absolute atomic E-state index is 4.56. The predicted octanol–water partition coefficient (Wildman–Crippen LogP) is 3.75.